The van der Waals surface area contributed by atoms with Crippen LogP contribution in [-0.4, -0.2) is 18.5 Å². The van der Waals surface area contributed by atoms with E-state index in [1.807, 2.05) is 7.05 Å². The highest BCUT2D eigenvalue weighted by molar-refractivity contribution is 5.17. The van der Waals surface area contributed by atoms with E-state index in [1.165, 1.54) is 12.1 Å². The Hall–Kier alpha value is -1.75. The van der Waals surface area contributed by atoms with Gasteiger partial charge in [-0.15, -0.1) is 0 Å². The van der Waals surface area contributed by atoms with Gasteiger partial charge in [0.05, 0.1) is 0 Å². The van der Waals surface area contributed by atoms with Gasteiger partial charge in [0, 0.05) is 19.6 Å². The third-order valence-corrected chi connectivity index (χ3v) is 2.36. The van der Waals surface area contributed by atoms with Gasteiger partial charge in [0.2, 0.25) is 0 Å². The van der Waals surface area contributed by atoms with Gasteiger partial charge in [0.15, 0.2) is 0 Å². The molecule has 1 nitrogen and oxygen atoms in total. The molecule has 0 fully saturated rings. The summed E-state index contributed by atoms with van der Waals surface area (Å²) in [5.74, 6) is -0.199. The molecular formula is C14H16FN. The first kappa shape index (κ1) is 12.3. The molecule has 0 atom stereocenters. The van der Waals surface area contributed by atoms with E-state index >= 15 is 0 Å². The van der Waals surface area contributed by atoms with Gasteiger partial charge in [-0.1, -0.05) is 30.7 Å². The smallest absolute Gasteiger partial charge is 0.123 e. The average Bonchev–Trinajstić information content (AvgIpc) is 2.28. The second kappa shape index (κ2) is 5.97. The molecule has 0 radical (unpaired) electrons. The third-order valence-electron chi connectivity index (χ3n) is 2.36. The van der Waals surface area contributed by atoms with E-state index in [1.54, 1.807) is 17.0 Å². The molecule has 1 aromatic carbocycles. The molecule has 0 amide bonds. The van der Waals surface area contributed by atoms with Crippen LogP contribution in [0.3, 0.4) is 0 Å². The molecule has 0 bridgehead atoms. The van der Waals surface area contributed by atoms with Gasteiger partial charge in [-0.05, 0) is 30.5 Å². The van der Waals surface area contributed by atoms with Crippen LogP contribution >= 0.6 is 0 Å². The zero-order chi connectivity index (χ0) is 12.0. The summed E-state index contributed by atoms with van der Waals surface area (Å²) >= 11 is 0. The Labute approximate surface area is 96.6 Å². The van der Waals surface area contributed by atoms with Gasteiger partial charge in [-0.3, -0.25) is 0 Å². The molecule has 0 heterocycles. The molecule has 0 N–H and O–H groups in total. The Morgan fingerprint density at radius 3 is 2.62 bits per heavy atom. The van der Waals surface area contributed by atoms with Gasteiger partial charge < -0.3 is 4.90 Å². The van der Waals surface area contributed by atoms with E-state index in [0.29, 0.717) is 6.54 Å². The number of hydrogen-bond acceptors (Lipinski definition) is 1. The average molecular weight is 217 g/mol. The Balaban J connectivity index is 2.38. The Kier molecular flexibility index (Phi) is 4.60. The van der Waals surface area contributed by atoms with Crippen molar-refractivity contribution in [1.82, 2.24) is 4.90 Å². The van der Waals surface area contributed by atoms with E-state index in [4.69, 9.17) is 6.42 Å². The van der Waals surface area contributed by atoms with Gasteiger partial charge in [0.25, 0.3) is 0 Å². The lowest BCUT2D eigenvalue weighted by Gasteiger charge is -2.12. The zero-order valence-corrected chi connectivity index (χ0v) is 9.54. The van der Waals surface area contributed by atoms with Gasteiger partial charge >= 0.3 is 0 Å². The molecule has 0 unspecified atom stereocenters. The summed E-state index contributed by atoms with van der Waals surface area (Å²) in [6.45, 7) is 4.67. The molecule has 2 heteroatoms. The Morgan fingerprint density at radius 2 is 2.06 bits per heavy atom. The van der Waals surface area contributed by atoms with E-state index in [9.17, 15) is 4.39 Å². The van der Waals surface area contributed by atoms with Crippen molar-refractivity contribution in [3.05, 3.63) is 47.8 Å². The minimum absolute atomic E-state index is 0.199. The van der Waals surface area contributed by atoms with Gasteiger partial charge in [-0.2, -0.15) is 0 Å². The number of hydrogen-bond donors (Lipinski definition) is 0. The number of nitrogens with zero attached hydrogens (tertiary/aromatic N) is 1. The summed E-state index contributed by atoms with van der Waals surface area (Å²) in [6.07, 6.45) is 6.98. The van der Waals surface area contributed by atoms with Gasteiger partial charge in [-0.25, -0.2) is 4.39 Å². The molecular weight excluding hydrogens is 201 g/mol. The van der Waals surface area contributed by atoms with Crippen molar-refractivity contribution < 1.29 is 4.39 Å². The molecule has 0 aromatic heterocycles. The SMILES string of the molecule is C#CN(C)CC(=C)CCc1ccc(F)cc1. The molecule has 0 aliphatic heterocycles. The second-order valence-electron chi connectivity index (χ2n) is 3.86. The molecule has 16 heavy (non-hydrogen) atoms. The number of aryl methyl sites for hydroxylation is 1. The van der Waals surface area contributed by atoms with Crippen LogP contribution in [0.4, 0.5) is 4.39 Å². The molecule has 84 valence electrons. The lowest BCUT2D eigenvalue weighted by Crippen LogP contribution is -2.14. The van der Waals surface area contributed by atoms with Crippen molar-refractivity contribution >= 4 is 0 Å². The van der Waals surface area contributed by atoms with Crippen molar-refractivity contribution in [1.29, 1.82) is 0 Å². The largest absolute Gasteiger partial charge is 0.332 e. The second-order valence-corrected chi connectivity index (χ2v) is 3.86. The van der Waals surface area contributed by atoms with Crippen LogP contribution in [0.25, 0.3) is 0 Å². The standard InChI is InChI=1S/C14H16FN/c1-4-16(3)11-12(2)5-6-13-7-9-14(15)10-8-13/h1,7-10H,2,5-6,11H2,3H3. The number of likely N-dealkylation sites (N-methyl/N-ethyl adjacent to an activating group) is 1. The normalized spacial score (nSPS) is 9.56. The molecule has 0 saturated carbocycles. The minimum Gasteiger partial charge on any atom is -0.332 e. The van der Waals surface area contributed by atoms with Crippen LogP contribution in [0.1, 0.15) is 12.0 Å². The fourth-order valence-corrected chi connectivity index (χ4v) is 1.43. The lowest BCUT2D eigenvalue weighted by atomic mass is 10.1. The summed E-state index contributed by atoms with van der Waals surface area (Å²) in [7, 11) is 1.85. The van der Waals surface area contributed by atoms with E-state index in [-0.39, 0.29) is 5.82 Å². The van der Waals surface area contributed by atoms with E-state index in [2.05, 4.69) is 12.6 Å². The lowest BCUT2D eigenvalue weighted by molar-refractivity contribution is 0.518. The topological polar surface area (TPSA) is 3.24 Å². The summed E-state index contributed by atoms with van der Waals surface area (Å²) in [5.41, 5.74) is 2.20. The minimum atomic E-state index is -0.199. The Morgan fingerprint density at radius 1 is 1.44 bits per heavy atom. The highest BCUT2D eigenvalue weighted by atomic mass is 19.1. The van der Waals surface area contributed by atoms with Crippen molar-refractivity contribution in [3.63, 3.8) is 0 Å². The van der Waals surface area contributed by atoms with Crippen molar-refractivity contribution in [2.24, 2.45) is 0 Å². The van der Waals surface area contributed by atoms with Crippen molar-refractivity contribution in [3.8, 4) is 12.5 Å². The number of benzene rings is 1. The number of halogens is 1. The number of rotatable bonds is 5. The molecule has 0 saturated heterocycles. The third kappa shape index (κ3) is 4.18. The first-order valence-electron chi connectivity index (χ1n) is 5.20. The Bertz CT molecular complexity index is 386. The summed E-state index contributed by atoms with van der Waals surface area (Å²) < 4.78 is 12.7. The van der Waals surface area contributed by atoms with Crippen LogP contribution in [0, 0.1) is 18.3 Å². The van der Waals surface area contributed by atoms with Crippen LogP contribution in [0.5, 0.6) is 0 Å². The van der Waals surface area contributed by atoms with E-state index in [0.717, 1.165) is 24.0 Å². The molecule has 0 aliphatic carbocycles. The van der Waals surface area contributed by atoms with Crippen molar-refractivity contribution in [2.45, 2.75) is 12.8 Å². The molecule has 1 rings (SSSR count). The highest BCUT2D eigenvalue weighted by Crippen LogP contribution is 2.09. The van der Waals surface area contributed by atoms with Crippen LogP contribution < -0.4 is 0 Å². The summed E-state index contributed by atoms with van der Waals surface area (Å²) in [4.78, 5) is 1.76. The molecule has 0 aliphatic rings. The quantitative estimate of drug-likeness (QED) is 0.416. The monoisotopic (exact) mass is 217 g/mol. The predicted octanol–water partition coefficient (Wildman–Crippen LogP) is 2.84. The summed E-state index contributed by atoms with van der Waals surface area (Å²) in [6, 6.07) is 9.08. The zero-order valence-electron chi connectivity index (χ0n) is 9.54. The summed E-state index contributed by atoms with van der Waals surface area (Å²) in [5, 5.41) is 0. The maximum Gasteiger partial charge on any atom is 0.123 e. The highest BCUT2D eigenvalue weighted by Gasteiger charge is 1.99. The van der Waals surface area contributed by atoms with Crippen LogP contribution in [0.2, 0.25) is 0 Å². The fourth-order valence-electron chi connectivity index (χ4n) is 1.43. The number of terminal acetylenes is 1. The van der Waals surface area contributed by atoms with Crippen LogP contribution in [0.15, 0.2) is 36.4 Å². The maximum atomic E-state index is 12.7. The molecule has 0 spiro atoms. The van der Waals surface area contributed by atoms with Gasteiger partial charge in [0.1, 0.15) is 5.82 Å². The first-order valence-corrected chi connectivity index (χ1v) is 5.20. The maximum absolute atomic E-state index is 12.7. The van der Waals surface area contributed by atoms with E-state index < -0.39 is 0 Å². The molecule has 1 aromatic rings. The van der Waals surface area contributed by atoms with Crippen LogP contribution in [-0.2, 0) is 6.42 Å². The fraction of sp³-hybridized carbons (Fsp3) is 0.286. The predicted molar refractivity (Wildman–Crippen MR) is 65.3 cm³/mol. The van der Waals surface area contributed by atoms with Crippen molar-refractivity contribution in [2.75, 3.05) is 13.6 Å². The first-order chi connectivity index (χ1) is 7.61.